The number of pyridine rings is 1. The second-order valence-electron chi connectivity index (χ2n) is 9.90. The van der Waals surface area contributed by atoms with E-state index in [0.29, 0.717) is 18.3 Å². The van der Waals surface area contributed by atoms with Gasteiger partial charge in [-0.3, -0.25) is 4.98 Å². The van der Waals surface area contributed by atoms with Gasteiger partial charge in [0.15, 0.2) is 0 Å². The van der Waals surface area contributed by atoms with Crippen LogP contribution in [0, 0.1) is 12.8 Å². The first-order valence-electron chi connectivity index (χ1n) is 10.9. The summed E-state index contributed by atoms with van der Waals surface area (Å²) >= 11 is 1.59. The lowest BCUT2D eigenvalue weighted by molar-refractivity contribution is 0.0408. The van der Waals surface area contributed by atoms with Crippen LogP contribution < -0.4 is 10.1 Å². The molecule has 32 heavy (non-hydrogen) atoms. The molecular formula is C25H33N3O3S. The van der Waals surface area contributed by atoms with Crippen LogP contribution >= 0.6 is 11.3 Å². The SMILES string of the molecule is Cc1cc(-c2ccc(OC[C@](C)(CC(C)C)NC(=O)OC(C)(C)C)c3ncsc23)ccn1. The molecule has 0 aliphatic heterocycles. The van der Waals surface area contributed by atoms with E-state index < -0.39 is 17.2 Å². The molecule has 0 fully saturated rings. The van der Waals surface area contributed by atoms with Gasteiger partial charge < -0.3 is 14.8 Å². The Balaban J connectivity index is 1.83. The van der Waals surface area contributed by atoms with Crippen molar-refractivity contribution in [3.63, 3.8) is 0 Å². The molecule has 0 bridgehead atoms. The number of ether oxygens (including phenoxy) is 2. The van der Waals surface area contributed by atoms with Crippen molar-refractivity contribution < 1.29 is 14.3 Å². The Kier molecular flexibility index (Phi) is 7.08. The highest BCUT2D eigenvalue weighted by Crippen LogP contribution is 2.37. The van der Waals surface area contributed by atoms with Gasteiger partial charge in [-0.2, -0.15) is 0 Å². The topological polar surface area (TPSA) is 73.3 Å². The van der Waals surface area contributed by atoms with Gasteiger partial charge in [-0.25, -0.2) is 9.78 Å². The zero-order chi connectivity index (χ0) is 23.5. The van der Waals surface area contributed by atoms with Gasteiger partial charge in [-0.05, 0) is 76.8 Å². The Hall–Kier alpha value is -2.67. The lowest BCUT2D eigenvalue weighted by atomic mass is 9.91. The average molecular weight is 456 g/mol. The number of nitrogens with one attached hydrogen (secondary N) is 1. The Morgan fingerprint density at radius 3 is 2.56 bits per heavy atom. The number of aromatic nitrogens is 2. The number of amides is 1. The van der Waals surface area contributed by atoms with Gasteiger partial charge >= 0.3 is 6.09 Å². The van der Waals surface area contributed by atoms with Gasteiger partial charge in [-0.15, -0.1) is 11.3 Å². The summed E-state index contributed by atoms with van der Waals surface area (Å²) in [5, 5.41) is 3.03. The van der Waals surface area contributed by atoms with Gasteiger partial charge in [0, 0.05) is 17.5 Å². The summed E-state index contributed by atoms with van der Waals surface area (Å²) in [6.45, 7) is 14.1. The number of carbonyl (C=O) groups excluding carboxylic acids is 1. The quantitative estimate of drug-likeness (QED) is 0.448. The number of hydrogen-bond acceptors (Lipinski definition) is 6. The maximum absolute atomic E-state index is 12.5. The third kappa shape index (κ3) is 6.19. The van der Waals surface area contributed by atoms with Crippen LogP contribution in [0.4, 0.5) is 4.79 Å². The van der Waals surface area contributed by atoms with E-state index >= 15 is 0 Å². The minimum absolute atomic E-state index is 0.310. The summed E-state index contributed by atoms with van der Waals surface area (Å²) in [5.41, 5.74) is 4.70. The Bertz CT molecular complexity index is 1090. The molecule has 1 N–H and O–H groups in total. The summed E-state index contributed by atoms with van der Waals surface area (Å²) in [4.78, 5) is 21.3. The third-order valence-electron chi connectivity index (χ3n) is 4.86. The number of rotatable bonds is 7. The first-order chi connectivity index (χ1) is 15.0. The van der Waals surface area contributed by atoms with Crippen molar-refractivity contribution in [2.24, 2.45) is 5.92 Å². The number of hydrogen-bond donors (Lipinski definition) is 1. The van der Waals surface area contributed by atoms with Crippen molar-refractivity contribution in [1.82, 2.24) is 15.3 Å². The van der Waals surface area contributed by atoms with Crippen LogP contribution in [0.2, 0.25) is 0 Å². The fourth-order valence-electron chi connectivity index (χ4n) is 3.82. The molecule has 1 atom stereocenters. The van der Waals surface area contributed by atoms with Gasteiger partial charge in [0.25, 0.3) is 0 Å². The van der Waals surface area contributed by atoms with E-state index in [1.54, 1.807) is 11.3 Å². The van der Waals surface area contributed by atoms with Crippen LogP contribution in [0.3, 0.4) is 0 Å². The van der Waals surface area contributed by atoms with Gasteiger partial charge in [0.05, 0.1) is 15.7 Å². The highest BCUT2D eigenvalue weighted by molar-refractivity contribution is 7.17. The normalized spacial score (nSPS) is 13.8. The van der Waals surface area contributed by atoms with Crippen molar-refractivity contribution in [1.29, 1.82) is 0 Å². The van der Waals surface area contributed by atoms with Crippen molar-refractivity contribution in [2.75, 3.05) is 6.61 Å². The van der Waals surface area contributed by atoms with E-state index in [2.05, 4.69) is 41.3 Å². The molecular weight excluding hydrogens is 422 g/mol. The standard InChI is InChI=1S/C25H33N3O3S/c1-16(2)13-25(7,28-23(29)31-24(4,5)6)14-30-20-9-8-19(22-21(20)27-15-32-22)18-10-11-26-17(3)12-18/h8-12,15-16H,13-14H2,1-7H3,(H,28,29)/t25-/m0/s1. The number of nitrogens with zero attached hydrogens (tertiary/aromatic N) is 2. The van der Waals surface area contributed by atoms with Crippen LogP contribution in [-0.2, 0) is 4.74 Å². The summed E-state index contributed by atoms with van der Waals surface area (Å²) in [6, 6.07) is 8.09. The number of carbonyl (C=O) groups is 1. The first kappa shape index (κ1) is 24.0. The molecule has 2 aromatic heterocycles. The van der Waals surface area contributed by atoms with Crippen LogP contribution in [0.5, 0.6) is 5.75 Å². The molecule has 0 saturated carbocycles. The molecule has 2 heterocycles. The summed E-state index contributed by atoms with van der Waals surface area (Å²) in [7, 11) is 0. The predicted octanol–water partition coefficient (Wildman–Crippen LogP) is 6.38. The van der Waals surface area contributed by atoms with Crippen molar-refractivity contribution in [3.05, 3.63) is 41.7 Å². The maximum Gasteiger partial charge on any atom is 0.408 e. The number of alkyl carbamates (subject to hydrolysis) is 1. The molecule has 1 amide bonds. The molecule has 0 saturated heterocycles. The zero-order valence-corrected chi connectivity index (χ0v) is 20.8. The molecule has 7 heteroatoms. The van der Waals surface area contributed by atoms with Crippen molar-refractivity contribution >= 4 is 27.6 Å². The molecule has 6 nitrogen and oxygen atoms in total. The van der Waals surface area contributed by atoms with Crippen LogP contribution in [0.1, 0.15) is 53.7 Å². The van der Waals surface area contributed by atoms with E-state index in [-0.39, 0.29) is 0 Å². The van der Waals surface area contributed by atoms with Crippen molar-refractivity contribution in [2.45, 2.75) is 66.0 Å². The number of benzene rings is 1. The van der Waals surface area contributed by atoms with Crippen LogP contribution in [-0.4, -0.2) is 33.8 Å². The molecule has 172 valence electrons. The Labute approximate surface area is 194 Å². The van der Waals surface area contributed by atoms with Crippen LogP contribution in [0.25, 0.3) is 21.3 Å². The maximum atomic E-state index is 12.5. The predicted molar refractivity (Wildman–Crippen MR) is 130 cm³/mol. The fourth-order valence-corrected chi connectivity index (χ4v) is 4.66. The second kappa shape index (κ2) is 9.45. The number of aryl methyl sites for hydroxylation is 1. The van der Waals surface area contributed by atoms with E-state index in [0.717, 1.165) is 33.5 Å². The summed E-state index contributed by atoms with van der Waals surface area (Å²) < 4.78 is 12.8. The molecule has 0 radical (unpaired) electrons. The molecule has 1 aromatic carbocycles. The minimum atomic E-state index is -0.584. The molecule has 0 aliphatic rings. The lowest BCUT2D eigenvalue weighted by Gasteiger charge is -2.33. The molecule has 3 aromatic rings. The van der Waals surface area contributed by atoms with Crippen molar-refractivity contribution in [3.8, 4) is 16.9 Å². The highest BCUT2D eigenvalue weighted by Gasteiger charge is 2.31. The van der Waals surface area contributed by atoms with Crippen LogP contribution in [0.15, 0.2) is 36.0 Å². The molecule has 0 unspecified atom stereocenters. The second-order valence-corrected chi connectivity index (χ2v) is 10.8. The smallest absolute Gasteiger partial charge is 0.408 e. The minimum Gasteiger partial charge on any atom is -0.489 e. The molecule has 0 spiro atoms. The summed E-state index contributed by atoms with van der Waals surface area (Å²) in [5.74, 6) is 1.08. The van der Waals surface area contributed by atoms with Gasteiger partial charge in [0.1, 0.15) is 23.5 Å². The highest BCUT2D eigenvalue weighted by atomic mass is 32.1. The van der Waals surface area contributed by atoms with Gasteiger partial charge in [0.2, 0.25) is 0 Å². The Morgan fingerprint density at radius 1 is 1.16 bits per heavy atom. The Morgan fingerprint density at radius 2 is 1.91 bits per heavy atom. The number of fused-ring (bicyclic) bond motifs is 1. The van der Waals surface area contributed by atoms with E-state index in [4.69, 9.17) is 9.47 Å². The monoisotopic (exact) mass is 455 g/mol. The lowest BCUT2D eigenvalue weighted by Crippen LogP contribution is -2.52. The average Bonchev–Trinajstić information content (AvgIpc) is 3.13. The van der Waals surface area contributed by atoms with E-state index in [1.165, 1.54) is 0 Å². The molecule has 3 rings (SSSR count). The zero-order valence-electron chi connectivity index (χ0n) is 20.0. The van der Waals surface area contributed by atoms with E-state index in [9.17, 15) is 4.79 Å². The first-order valence-corrected chi connectivity index (χ1v) is 11.8. The largest absolute Gasteiger partial charge is 0.489 e. The third-order valence-corrected chi connectivity index (χ3v) is 5.72. The molecule has 0 aliphatic carbocycles. The van der Waals surface area contributed by atoms with E-state index in [1.807, 2.05) is 58.5 Å². The summed E-state index contributed by atoms with van der Waals surface area (Å²) in [6.07, 6.45) is 2.13. The number of thiazole rings is 1. The fraction of sp³-hybridized carbons (Fsp3) is 0.480. The van der Waals surface area contributed by atoms with Gasteiger partial charge in [-0.1, -0.05) is 13.8 Å².